The molecule has 2 aromatic rings. The van der Waals surface area contributed by atoms with Gasteiger partial charge in [-0.3, -0.25) is 14.5 Å². The summed E-state index contributed by atoms with van der Waals surface area (Å²) < 4.78 is 0. The lowest BCUT2D eigenvalue weighted by Crippen LogP contribution is -2.49. The Labute approximate surface area is 164 Å². The molecule has 142 valence electrons. The van der Waals surface area contributed by atoms with Gasteiger partial charge in [0.25, 0.3) is 0 Å². The molecule has 1 heterocycles. The van der Waals surface area contributed by atoms with Gasteiger partial charge < -0.3 is 10.2 Å². The first-order valence-corrected chi connectivity index (χ1v) is 9.43. The number of carbonyl (C=O) groups excluding carboxylic acids is 2. The van der Waals surface area contributed by atoms with E-state index in [0.717, 1.165) is 6.42 Å². The van der Waals surface area contributed by atoms with Crippen LogP contribution >= 0.6 is 11.6 Å². The molecule has 0 spiro atoms. The average Bonchev–Trinajstić information content (AvgIpc) is 2.68. The molecule has 2 aromatic carbocycles. The van der Waals surface area contributed by atoms with Crippen LogP contribution in [-0.4, -0.2) is 47.8 Å². The lowest BCUT2D eigenvalue weighted by molar-refractivity contribution is -0.137. The number of carbonyl (C=O) groups is 2. The highest BCUT2D eigenvalue weighted by molar-refractivity contribution is 6.30. The molecule has 0 fully saturated rings. The van der Waals surface area contributed by atoms with Crippen molar-refractivity contribution in [2.24, 2.45) is 0 Å². The molecule has 0 aromatic heterocycles. The van der Waals surface area contributed by atoms with E-state index in [-0.39, 0.29) is 24.4 Å². The molecular formula is C21H24ClN3O2. The Balaban J connectivity index is 1.55. The Bertz CT molecular complexity index is 822. The van der Waals surface area contributed by atoms with Crippen molar-refractivity contribution >= 4 is 29.1 Å². The van der Waals surface area contributed by atoms with Gasteiger partial charge in [0.15, 0.2) is 0 Å². The Morgan fingerprint density at radius 1 is 1.15 bits per heavy atom. The van der Waals surface area contributed by atoms with Crippen LogP contribution in [0, 0.1) is 0 Å². The molecule has 1 aliphatic rings. The number of hydrogen-bond acceptors (Lipinski definition) is 3. The van der Waals surface area contributed by atoms with Crippen LogP contribution in [0.25, 0.3) is 0 Å². The van der Waals surface area contributed by atoms with E-state index < -0.39 is 0 Å². The Hall–Kier alpha value is -2.37. The molecule has 0 saturated carbocycles. The van der Waals surface area contributed by atoms with Gasteiger partial charge in [0, 0.05) is 23.8 Å². The first-order valence-electron chi connectivity index (χ1n) is 9.05. The second-order valence-corrected chi connectivity index (χ2v) is 7.36. The topological polar surface area (TPSA) is 52.7 Å². The molecule has 5 nitrogen and oxygen atoms in total. The first-order chi connectivity index (χ1) is 12.9. The summed E-state index contributed by atoms with van der Waals surface area (Å²) in [7, 11) is 1.79. The van der Waals surface area contributed by atoms with Crippen LogP contribution in [0.2, 0.25) is 5.02 Å². The highest BCUT2D eigenvalue weighted by Gasteiger charge is 2.27. The highest BCUT2D eigenvalue weighted by Crippen LogP contribution is 2.20. The van der Waals surface area contributed by atoms with Crippen molar-refractivity contribution in [1.82, 2.24) is 9.80 Å². The molecule has 1 atom stereocenters. The van der Waals surface area contributed by atoms with Crippen molar-refractivity contribution in [1.29, 1.82) is 0 Å². The Morgan fingerprint density at radius 3 is 2.52 bits per heavy atom. The van der Waals surface area contributed by atoms with Crippen LogP contribution in [0.15, 0.2) is 48.5 Å². The van der Waals surface area contributed by atoms with Crippen LogP contribution in [-0.2, 0) is 22.6 Å². The molecule has 0 radical (unpaired) electrons. The zero-order valence-electron chi connectivity index (χ0n) is 15.6. The van der Waals surface area contributed by atoms with Crippen molar-refractivity contribution in [2.75, 3.05) is 25.5 Å². The normalized spacial score (nSPS) is 14.6. The van der Waals surface area contributed by atoms with Gasteiger partial charge in [0.2, 0.25) is 11.8 Å². The fourth-order valence-electron chi connectivity index (χ4n) is 3.23. The zero-order chi connectivity index (χ0) is 19.4. The van der Waals surface area contributed by atoms with Gasteiger partial charge in [-0.05, 0) is 55.8 Å². The van der Waals surface area contributed by atoms with Gasteiger partial charge >= 0.3 is 0 Å². The van der Waals surface area contributed by atoms with Crippen molar-refractivity contribution in [3.8, 4) is 0 Å². The third-order valence-electron chi connectivity index (χ3n) is 4.98. The van der Waals surface area contributed by atoms with Crippen molar-refractivity contribution < 1.29 is 9.59 Å². The smallest absolute Gasteiger partial charge is 0.239 e. The fourth-order valence-corrected chi connectivity index (χ4v) is 3.36. The minimum absolute atomic E-state index is 0.0475. The second kappa shape index (κ2) is 8.55. The SMILES string of the molecule is C[C@H](C(=O)N1CCc2ccccc2C1)N(C)CC(=O)Nc1ccc(Cl)cc1. The lowest BCUT2D eigenvalue weighted by atomic mass is 9.99. The summed E-state index contributed by atoms with van der Waals surface area (Å²) in [6.07, 6.45) is 0.870. The van der Waals surface area contributed by atoms with Gasteiger partial charge in [-0.2, -0.15) is 0 Å². The van der Waals surface area contributed by atoms with Gasteiger partial charge in [0.05, 0.1) is 12.6 Å². The second-order valence-electron chi connectivity index (χ2n) is 6.92. The van der Waals surface area contributed by atoms with E-state index in [1.807, 2.05) is 24.0 Å². The maximum atomic E-state index is 12.9. The zero-order valence-corrected chi connectivity index (χ0v) is 16.4. The summed E-state index contributed by atoms with van der Waals surface area (Å²) in [6.45, 7) is 3.33. The first kappa shape index (κ1) is 19.4. The minimum Gasteiger partial charge on any atom is -0.337 e. The summed E-state index contributed by atoms with van der Waals surface area (Å²) in [6, 6.07) is 14.8. The molecule has 0 unspecified atom stereocenters. The van der Waals surface area contributed by atoms with Gasteiger partial charge in [0.1, 0.15) is 0 Å². The summed E-state index contributed by atoms with van der Waals surface area (Å²) >= 11 is 5.85. The summed E-state index contributed by atoms with van der Waals surface area (Å²) in [5.41, 5.74) is 3.20. The van der Waals surface area contributed by atoms with E-state index in [2.05, 4.69) is 17.4 Å². The van der Waals surface area contributed by atoms with Crippen molar-refractivity contribution in [3.63, 3.8) is 0 Å². The van der Waals surface area contributed by atoms with Crippen LogP contribution in [0.1, 0.15) is 18.1 Å². The van der Waals surface area contributed by atoms with E-state index in [1.54, 1.807) is 36.2 Å². The van der Waals surface area contributed by atoms with Crippen LogP contribution < -0.4 is 5.32 Å². The lowest BCUT2D eigenvalue weighted by Gasteiger charge is -2.33. The van der Waals surface area contributed by atoms with Crippen molar-refractivity contribution in [2.45, 2.75) is 25.9 Å². The number of hydrogen-bond donors (Lipinski definition) is 1. The van der Waals surface area contributed by atoms with Gasteiger partial charge in [-0.15, -0.1) is 0 Å². The van der Waals surface area contributed by atoms with E-state index in [4.69, 9.17) is 11.6 Å². The fraction of sp³-hybridized carbons (Fsp3) is 0.333. The minimum atomic E-state index is -0.369. The summed E-state index contributed by atoms with van der Waals surface area (Å²) in [5.74, 6) is -0.116. The number of anilines is 1. The number of benzene rings is 2. The molecule has 0 bridgehead atoms. The molecule has 1 N–H and O–H groups in total. The standard InChI is InChI=1S/C21H24ClN3O2/c1-15(21(27)25-12-11-16-5-3-4-6-17(16)13-25)24(2)14-20(26)23-19-9-7-18(22)8-10-19/h3-10,15H,11-14H2,1-2H3,(H,23,26)/t15-/m1/s1. The highest BCUT2D eigenvalue weighted by atomic mass is 35.5. The molecule has 0 saturated heterocycles. The molecule has 3 rings (SSSR count). The molecule has 1 aliphatic heterocycles. The monoisotopic (exact) mass is 385 g/mol. The molecular weight excluding hydrogens is 362 g/mol. The van der Waals surface area contributed by atoms with E-state index >= 15 is 0 Å². The van der Waals surface area contributed by atoms with Crippen LogP contribution in [0.5, 0.6) is 0 Å². The summed E-state index contributed by atoms with van der Waals surface area (Å²) in [4.78, 5) is 28.8. The molecule has 27 heavy (non-hydrogen) atoms. The number of likely N-dealkylation sites (N-methyl/N-ethyl adjacent to an activating group) is 1. The average molecular weight is 386 g/mol. The number of halogens is 1. The maximum Gasteiger partial charge on any atom is 0.239 e. The molecule has 2 amide bonds. The number of rotatable bonds is 5. The summed E-state index contributed by atoms with van der Waals surface area (Å²) in [5, 5.41) is 3.44. The van der Waals surface area contributed by atoms with Gasteiger partial charge in [-0.25, -0.2) is 0 Å². The van der Waals surface area contributed by atoms with Crippen LogP contribution in [0.3, 0.4) is 0 Å². The maximum absolute atomic E-state index is 12.9. The number of nitrogens with zero attached hydrogens (tertiary/aromatic N) is 2. The number of amides is 2. The largest absolute Gasteiger partial charge is 0.337 e. The predicted octanol–water partition coefficient (Wildman–Crippen LogP) is 3.18. The molecule has 0 aliphatic carbocycles. The van der Waals surface area contributed by atoms with Gasteiger partial charge in [-0.1, -0.05) is 35.9 Å². The van der Waals surface area contributed by atoms with E-state index in [1.165, 1.54) is 11.1 Å². The number of fused-ring (bicyclic) bond motifs is 1. The molecule has 6 heteroatoms. The van der Waals surface area contributed by atoms with Crippen molar-refractivity contribution in [3.05, 3.63) is 64.7 Å². The third kappa shape index (κ3) is 4.87. The predicted molar refractivity (Wildman–Crippen MR) is 108 cm³/mol. The number of nitrogens with one attached hydrogen (secondary N) is 1. The quantitative estimate of drug-likeness (QED) is 0.860. The Kier molecular flexibility index (Phi) is 6.14. The Morgan fingerprint density at radius 2 is 1.81 bits per heavy atom. The van der Waals surface area contributed by atoms with Crippen LogP contribution in [0.4, 0.5) is 5.69 Å². The third-order valence-corrected chi connectivity index (χ3v) is 5.23. The van der Waals surface area contributed by atoms with E-state index in [0.29, 0.717) is 23.8 Å². The van der Waals surface area contributed by atoms with E-state index in [9.17, 15) is 9.59 Å².